The molecule has 1 aliphatic rings. The van der Waals surface area contributed by atoms with Gasteiger partial charge in [0.15, 0.2) is 0 Å². The number of hydrogen-bond acceptors (Lipinski definition) is 4. The van der Waals surface area contributed by atoms with Gasteiger partial charge in [0.05, 0.1) is 6.04 Å². The number of rotatable bonds is 6. The predicted octanol–water partition coefficient (Wildman–Crippen LogP) is 2.91. The van der Waals surface area contributed by atoms with Crippen molar-refractivity contribution < 1.29 is 0 Å². The number of thiophene rings is 1. The van der Waals surface area contributed by atoms with Gasteiger partial charge >= 0.3 is 0 Å². The van der Waals surface area contributed by atoms with Gasteiger partial charge in [-0.05, 0) is 61.2 Å². The van der Waals surface area contributed by atoms with Crippen LogP contribution in [0.1, 0.15) is 51.1 Å². The standard InChI is InChI=1S/C14H25N3S/c1-3-14(4-2,17-8-5-6-9-17)13(16-15)12-7-10-18-11-12/h7,10-11,13,16H,3-6,8-9,15H2,1-2H3. The highest BCUT2D eigenvalue weighted by Crippen LogP contribution is 2.39. The number of nitrogens with one attached hydrogen (secondary N) is 1. The van der Waals surface area contributed by atoms with E-state index in [0.717, 1.165) is 12.8 Å². The minimum absolute atomic E-state index is 0.159. The summed E-state index contributed by atoms with van der Waals surface area (Å²) in [4.78, 5) is 2.65. The highest BCUT2D eigenvalue weighted by atomic mass is 32.1. The van der Waals surface area contributed by atoms with Gasteiger partial charge in [-0.15, -0.1) is 0 Å². The Morgan fingerprint density at radius 3 is 2.50 bits per heavy atom. The second-order valence-electron chi connectivity index (χ2n) is 5.16. The Kier molecular flexibility index (Phi) is 4.78. The van der Waals surface area contributed by atoms with Crippen LogP contribution in [0, 0.1) is 0 Å². The fourth-order valence-corrected chi connectivity index (χ4v) is 4.14. The third-order valence-electron chi connectivity index (χ3n) is 4.54. The molecule has 18 heavy (non-hydrogen) atoms. The lowest BCUT2D eigenvalue weighted by Crippen LogP contribution is -2.56. The van der Waals surface area contributed by atoms with Crippen molar-refractivity contribution in [3.05, 3.63) is 22.4 Å². The molecule has 1 aromatic rings. The van der Waals surface area contributed by atoms with Gasteiger partial charge in [-0.1, -0.05) is 13.8 Å². The summed E-state index contributed by atoms with van der Waals surface area (Å²) in [6, 6.07) is 2.43. The van der Waals surface area contributed by atoms with Crippen LogP contribution < -0.4 is 11.3 Å². The van der Waals surface area contributed by atoms with Gasteiger partial charge in [-0.3, -0.25) is 16.2 Å². The molecular formula is C14H25N3S. The van der Waals surface area contributed by atoms with Gasteiger partial charge < -0.3 is 0 Å². The Morgan fingerprint density at radius 2 is 2.06 bits per heavy atom. The predicted molar refractivity (Wildman–Crippen MR) is 78.5 cm³/mol. The first-order valence-corrected chi connectivity index (χ1v) is 7.96. The lowest BCUT2D eigenvalue weighted by atomic mass is 9.80. The van der Waals surface area contributed by atoms with Crippen molar-refractivity contribution in [3.63, 3.8) is 0 Å². The van der Waals surface area contributed by atoms with Crippen molar-refractivity contribution >= 4 is 11.3 Å². The Bertz CT molecular complexity index is 340. The zero-order chi connectivity index (χ0) is 13.0. The van der Waals surface area contributed by atoms with E-state index in [9.17, 15) is 0 Å². The number of nitrogens with two attached hydrogens (primary N) is 1. The van der Waals surface area contributed by atoms with Gasteiger partial charge in [0.2, 0.25) is 0 Å². The minimum Gasteiger partial charge on any atom is -0.296 e. The van der Waals surface area contributed by atoms with E-state index in [1.165, 1.54) is 31.5 Å². The van der Waals surface area contributed by atoms with Crippen molar-refractivity contribution in [2.24, 2.45) is 5.84 Å². The van der Waals surface area contributed by atoms with Crippen LogP contribution in [-0.4, -0.2) is 23.5 Å². The molecule has 0 aliphatic carbocycles. The van der Waals surface area contributed by atoms with Gasteiger partial charge in [-0.25, -0.2) is 0 Å². The molecule has 1 fully saturated rings. The fraction of sp³-hybridized carbons (Fsp3) is 0.714. The van der Waals surface area contributed by atoms with Crippen LogP contribution in [0.25, 0.3) is 0 Å². The average molecular weight is 267 g/mol. The van der Waals surface area contributed by atoms with Crippen molar-refractivity contribution in [1.82, 2.24) is 10.3 Å². The Labute approximate surface area is 114 Å². The molecule has 0 amide bonds. The van der Waals surface area contributed by atoms with Gasteiger partial charge in [0.25, 0.3) is 0 Å². The summed E-state index contributed by atoms with van der Waals surface area (Å²) in [6.07, 6.45) is 4.91. The molecule has 1 aliphatic heterocycles. The summed E-state index contributed by atoms with van der Waals surface area (Å²) < 4.78 is 0. The van der Waals surface area contributed by atoms with E-state index in [1.54, 1.807) is 11.3 Å². The second-order valence-corrected chi connectivity index (χ2v) is 5.94. The van der Waals surface area contributed by atoms with Crippen molar-refractivity contribution in [2.75, 3.05) is 13.1 Å². The van der Waals surface area contributed by atoms with E-state index in [4.69, 9.17) is 5.84 Å². The molecule has 4 heteroatoms. The first kappa shape index (κ1) is 14.0. The quantitative estimate of drug-likeness (QED) is 0.615. The van der Waals surface area contributed by atoms with Crippen molar-refractivity contribution in [1.29, 1.82) is 0 Å². The largest absolute Gasteiger partial charge is 0.296 e. The molecule has 1 saturated heterocycles. The third kappa shape index (κ3) is 2.35. The SMILES string of the molecule is CCC(CC)(C(NN)c1ccsc1)N1CCCC1. The summed E-state index contributed by atoms with van der Waals surface area (Å²) >= 11 is 1.75. The lowest BCUT2D eigenvalue weighted by molar-refractivity contribution is 0.0618. The van der Waals surface area contributed by atoms with Gasteiger partial charge in [-0.2, -0.15) is 11.3 Å². The van der Waals surface area contributed by atoms with Crippen LogP contribution >= 0.6 is 11.3 Å². The molecule has 2 heterocycles. The molecule has 0 saturated carbocycles. The normalized spacial score (nSPS) is 19.3. The molecule has 0 spiro atoms. The average Bonchev–Trinajstić information content (AvgIpc) is 3.08. The Morgan fingerprint density at radius 1 is 1.39 bits per heavy atom. The van der Waals surface area contributed by atoms with Crippen molar-refractivity contribution in [2.45, 2.75) is 51.1 Å². The van der Waals surface area contributed by atoms with Crippen LogP contribution in [-0.2, 0) is 0 Å². The van der Waals surface area contributed by atoms with Gasteiger partial charge in [0.1, 0.15) is 0 Å². The molecular weight excluding hydrogens is 242 g/mol. The number of nitrogens with zero attached hydrogens (tertiary/aromatic N) is 1. The van der Waals surface area contributed by atoms with Crippen LogP contribution in [0.4, 0.5) is 0 Å². The van der Waals surface area contributed by atoms with E-state index >= 15 is 0 Å². The monoisotopic (exact) mass is 267 g/mol. The van der Waals surface area contributed by atoms with Crippen LogP contribution in [0.3, 0.4) is 0 Å². The van der Waals surface area contributed by atoms with E-state index in [-0.39, 0.29) is 11.6 Å². The summed E-state index contributed by atoms with van der Waals surface area (Å²) in [5, 5.41) is 4.36. The van der Waals surface area contributed by atoms with Crippen LogP contribution in [0.5, 0.6) is 0 Å². The molecule has 0 bridgehead atoms. The Hall–Kier alpha value is -0.420. The molecule has 0 radical (unpaired) electrons. The van der Waals surface area contributed by atoms with E-state index in [1.807, 2.05) is 0 Å². The first-order chi connectivity index (χ1) is 8.78. The lowest BCUT2D eigenvalue weighted by Gasteiger charge is -2.46. The maximum absolute atomic E-state index is 5.90. The third-order valence-corrected chi connectivity index (χ3v) is 5.24. The molecule has 0 aromatic carbocycles. The molecule has 2 rings (SSSR count). The number of hydrogen-bond donors (Lipinski definition) is 2. The molecule has 1 unspecified atom stereocenters. The minimum atomic E-state index is 0.159. The van der Waals surface area contributed by atoms with E-state index in [2.05, 4.69) is 41.0 Å². The maximum atomic E-state index is 5.90. The summed E-state index contributed by atoms with van der Waals surface area (Å²) in [6.45, 7) is 7.01. The summed E-state index contributed by atoms with van der Waals surface area (Å²) in [5.41, 5.74) is 4.58. The molecule has 1 aromatic heterocycles. The van der Waals surface area contributed by atoms with Crippen LogP contribution in [0.15, 0.2) is 16.8 Å². The molecule has 3 N–H and O–H groups in total. The highest BCUT2D eigenvalue weighted by Gasteiger charge is 2.42. The zero-order valence-corrected chi connectivity index (χ0v) is 12.3. The smallest absolute Gasteiger partial charge is 0.0651 e. The summed E-state index contributed by atoms with van der Waals surface area (Å²) in [7, 11) is 0. The first-order valence-electron chi connectivity index (χ1n) is 7.01. The molecule has 1 atom stereocenters. The number of hydrazine groups is 1. The maximum Gasteiger partial charge on any atom is 0.0651 e. The topological polar surface area (TPSA) is 41.3 Å². The van der Waals surface area contributed by atoms with E-state index in [0.29, 0.717) is 0 Å². The van der Waals surface area contributed by atoms with Crippen LogP contribution in [0.2, 0.25) is 0 Å². The zero-order valence-electron chi connectivity index (χ0n) is 11.5. The van der Waals surface area contributed by atoms with Gasteiger partial charge in [0, 0.05) is 5.54 Å². The number of likely N-dealkylation sites (tertiary alicyclic amines) is 1. The fourth-order valence-electron chi connectivity index (χ4n) is 3.45. The summed E-state index contributed by atoms with van der Waals surface area (Å²) in [5.74, 6) is 5.90. The second kappa shape index (κ2) is 6.15. The van der Waals surface area contributed by atoms with E-state index < -0.39 is 0 Å². The molecule has 102 valence electrons. The highest BCUT2D eigenvalue weighted by molar-refractivity contribution is 7.07. The Balaban J connectivity index is 2.31. The molecule has 3 nitrogen and oxygen atoms in total. The van der Waals surface area contributed by atoms with Crippen molar-refractivity contribution in [3.8, 4) is 0 Å².